The van der Waals surface area contributed by atoms with Gasteiger partial charge in [0.25, 0.3) is 0 Å². The van der Waals surface area contributed by atoms with Crippen molar-refractivity contribution in [3.05, 3.63) is 11.4 Å². The van der Waals surface area contributed by atoms with Gasteiger partial charge in [-0.05, 0) is 0 Å². The minimum Gasteiger partial charge on any atom is -0.504 e. The molecule has 0 aliphatic carbocycles. The quantitative estimate of drug-likeness (QED) is 0.721. The van der Waals surface area contributed by atoms with Crippen molar-refractivity contribution >= 4 is 5.78 Å². The molecule has 4 heteroatoms. The molecule has 0 bridgehead atoms. The second-order valence-electron chi connectivity index (χ2n) is 6.12. The first kappa shape index (κ1) is 12.7. The summed E-state index contributed by atoms with van der Waals surface area (Å²) in [6.07, 6.45) is 0. The monoisotopic (exact) mass is 224 g/mol. The number of nitrogens with one attached hydrogen (secondary N) is 1. The van der Waals surface area contributed by atoms with E-state index in [0.29, 0.717) is 5.69 Å². The van der Waals surface area contributed by atoms with E-state index in [1.807, 2.05) is 41.5 Å². The van der Waals surface area contributed by atoms with Crippen LogP contribution in [0.2, 0.25) is 0 Å². The van der Waals surface area contributed by atoms with Crippen LogP contribution < -0.4 is 0 Å². The summed E-state index contributed by atoms with van der Waals surface area (Å²) in [7, 11) is 0. The molecule has 2 N–H and O–H groups in total. The molecule has 1 aromatic rings. The number of hydrogen-bond donors (Lipinski definition) is 2. The summed E-state index contributed by atoms with van der Waals surface area (Å²) in [5, 5.41) is 16.6. The van der Waals surface area contributed by atoms with Crippen molar-refractivity contribution in [1.82, 2.24) is 10.2 Å². The molecule has 90 valence electrons. The van der Waals surface area contributed by atoms with E-state index in [1.54, 1.807) is 0 Å². The second kappa shape index (κ2) is 3.61. The van der Waals surface area contributed by atoms with E-state index in [4.69, 9.17) is 0 Å². The van der Waals surface area contributed by atoms with Crippen molar-refractivity contribution in [3.8, 4) is 5.75 Å². The third kappa shape index (κ3) is 2.26. The van der Waals surface area contributed by atoms with Crippen molar-refractivity contribution in [1.29, 1.82) is 0 Å². The van der Waals surface area contributed by atoms with Crippen LogP contribution in [0.15, 0.2) is 0 Å². The normalized spacial score (nSPS) is 12.9. The fourth-order valence-electron chi connectivity index (χ4n) is 1.39. The summed E-state index contributed by atoms with van der Waals surface area (Å²) >= 11 is 0. The maximum atomic E-state index is 12.0. The van der Waals surface area contributed by atoms with Crippen molar-refractivity contribution < 1.29 is 9.90 Å². The fourth-order valence-corrected chi connectivity index (χ4v) is 1.39. The number of rotatable bonds is 1. The number of aromatic amines is 1. The van der Waals surface area contributed by atoms with Crippen LogP contribution in [0.3, 0.4) is 0 Å². The first-order valence-electron chi connectivity index (χ1n) is 5.37. The molecule has 16 heavy (non-hydrogen) atoms. The van der Waals surface area contributed by atoms with Gasteiger partial charge in [-0.15, -0.1) is 0 Å². The van der Waals surface area contributed by atoms with Crippen molar-refractivity contribution in [2.24, 2.45) is 5.41 Å². The van der Waals surface area contributed by atoms with E-state index < -0.39 is 5.41 Å². The number of aromatic hydroxyl groups is 1. The lowest BCUT2D eigenvalue weighted by Gasteiger charge is -2.17. The van der Waals surface area contributed by atoms with E-state index in [1.165, 1.54) is 0 Å². The van der Waals surface area contributed by atoms with Crippen LogP contribution in [-0.2, 0) is 5.41 Å². The molecule has 0 radical (unpaired) electrons. The molecule has 0 amide bonds. The van der Waals surface area contributed by atoms with Crippen LogP contribution in [0.25, 0.3) is 0 Å². The Labute approximate surface area is 96.1 Å². The zero-order valence-corrected chi connectivity index (χ0v) is 10.8. The van der Waals surface area contributed by atoms with Gasteiger partial charge in [0.15, 0.2) is 11.5 Å². The molecular weight excluding hydrogens is 204 g/mol. The summed E-state index contributed by atoms with van der Waals surface area (Å²) < 4.78 is 0. The Bertz CT molecular complexity index is 406. The summed E-state index contributed by atoms with van der Waals surface area (Å²) in [5.41, 5.74) is -0.0755. The summed E-state index contributed by atoms with van der Waals surface area (Å²) in [5.74, 6) is -0.152. The Morgan fingerprint density at radius 2 is 1.69 bits per heavy atom. The van der Waals surface area contributed by atoms with Gasteiger partial charge in [0.05, 0.1) is 0 Å². The Hall–Kier alpha value is -1.32. The first-order valence-corrected chi connectivity index (χ1v) is 5.37. The topological polar surface area (TPSA) is 66.0 Å². The fraction of sp³-hybridized carbons (Fsp3) is 0.667. The lowest BCUT2D eigenvalue weighted by molar-refractivity contribution is 0.0850. The number of hydrogen-bond acceptors (Lipinski definition) is 3. The van der Waals surface area contributed by atoms with Gasteiger partial charge in [0.2, 0.25) is 0 Å². The lowest BCUT2D eigenvalue weighted by Crippen LogP contribution is -2.20. The van der Waals surface area contributed by atoms with E-state index >= 15 is 0 Å². The smallest absolute Gasteiger partial charge is 0.189 e. The molecule has 0 aliphatic heterocycles. The second-order valence-corrected chi connectivity index (χ2v) is 6.12. The Kier molecular flexibility index (Phi) is 2.88. The van der Waals surface area contributed by atoms with Gasteiger partial charge in [0.1, 0.15) is 11.4 Å². The molecule has 1 heterocycles. The highest BCUT2D eigenvalue weighted by Gasteiger charge is 2.31. The minimum atomic E-state index is -0.529. The van der Waals surface area contributed by atoms with Gasteiger partial charge >= 0.3 is 0 Å². The van der Waals surface area contributed by atoms with E-state index in [0.717, 1.165) is 0 Å². The van der Waals surface area contributed by atoms with Crippen LogP contribution in [0.1, 0.15) is 57.7 Å². The van der Waals surface area contributed by atoms with Crippen molar-refractivity contribution in [3.63, 3.8) is 0 Å². The van der Waals surface area contributed by atoms with E-state index in [2.05, 4.69) is 10.2 Å². The SMILES string of the molecule is CC(C)(C)C(=O)c1[nH]nc(C(C)(C)C)c1O. The predicted octanol–water partition coefficient (Wildman–Crippen LogP) is 2.64. The molecule has 0 fully saturated rings. The highest BCUT2D eigenvalue weighted by molar-refractivity contribution is 6.00. The average Bonchev–Trinajstić information content (AvgIpc) is 2.42. The van der Waals surface area contributed by atoms with Gasteiger partial charge in [-0.1, -0.05) is 41.5 Å². The maximum Gasteiger partial charge on any atom is 0.189 e. The van der Waals surface area contributed by atoms with Gasteiger partial charge in [-0.2, -0.15) is 5.10 Å². The lowest BCUT2D eigenvalue weighted by atomic mass is 9.86. The average molecular weight is 224 g/mol. The van der Waals surface area contributed by atoms with Gasteiger partial charge in [-0.25, -0.2) is 0 Å². The third-order valence-corrected chi connectivity index (χ3v) is 2.36. The first-order chi connectivity index (χ1) is 7.05. The Morgan fingerprint density at radius 3 is 2.00 bits per heavy atom. The van der Waals surface area contributed by atoms with E-state index in [-0.39, 0.29) is 22.6 Å². The highest BCUT2D eigenvalue weighted by Crippen LogP contribution is 2.33. The molecule has 0 unspecified atom stereocenters. The molecule has 0 aliphatic rings. The number of carbonyl (C=O) groups is 1. The summed E-state index contributed by atoms with van der Waals surface area (Å²) in [6, 6.07) is 0. The van der Waals surface area contributed by atoms with Crippen molar-refractivity contribution in [2.45, 2.75) is 47.0 Å². The predicted molar refractivity (Wildman–Crippen MR) is 62.7 cm³/mol. The largest absolute Gasteiger partial charge is 0.504 e. The van der Waals surface area contributed by atoms with Crippen LogP contribution in [0, 0.1) is 5.41 Å². The summed E-state index contributed by atoms with van der Waals surface area (Å²) in [4.78, 5) is 12.0. The molecule has 0 atom stereocenters. The number of carbonyl (C=O) groups excluding carboxylic acids is 1. The minimum absolute atomic E-state index is 0.0209. The zero-order valence-electron chi connectivity index (χ0n) is 10.8. The Morgan fingerprint density at radius 1 is 1.19 bits per heavy atom. The number of H-pyrrole nitrogens is 1. The number of aromatic nitrogens is 2. The zero-order chi connectivity index (χ0) is 12.7. The number of ketones is 1. The third-order valence-electron chi connectivity index (χ3n) is 2.36. The van der Waals surface area contributed by atoms with Crippen LogP contribution in [-0.4, -0.2) is 21.1 Å². The van der Waals surface area contributed by atoms with Crippen LogP contribution in [0.4, 0.5) is 0 Å². The van der Waals surface area contributed by atoms with Crippen molar-refractivity contribution in [2.75, 3.05) is 0 Å². The standard InChI is InChI=1S/C12H20N2O2/c1-11(2,3)9-8(15)7(13-14-9)10(16)12(4,5)6/h15H,1-6H3,(H,13,14). The van der Waals surface area contributed by atoms with Gasteiger partial charge in [-0.3, -0.25) is 9.89 Å². The number of Topliss-reactive ketones (excluding diaryl/α,β-unsaturated/α-hetero) is 1. The molecule has 4 nitrogen and oxygen atoms in total. The maximum absolute atomic E-state index is 12.0. The van der Waals surface area contributed by atoms with Gasteiger partial charge < -0.3 is 5.11 Å². The molecule has 0 spiro atoms. The molecule has 0 saturated carbocycles. The number of nitrogens with zero attached hydrogens (tertiary/aromatic N) is 1. The molecule has 0 saturated heterocycles. The van der Waals surface area contributed by atoms with Crippen LogP contribution >= 0.6 is 0 Å². The molecule has 1 rings (SSSR count). The van der Waals surface area contributed by atoms with Gasteiger partial charge in [0, 0.05) is 10.8 Å². The van der Waals surface area contributed by atoms with Crippen LogP contribution in [0.5, 0.6) is 5.75 Å². The molecule has 0 aromatic carbocycles. The Balaban J connectivity index is 3.21. The molecule has 1 aromatic heterocycles. The molecular formula is C12H20N2O2. The van der Waals surface area contributed by atoms with E-state index in [9.17, 15) is 9.90 Å². The highest BCUT2D eigenvalue weighted by atomic mass is 16.3. The summed E-state index contributed by atoms with van der Waals surface area (Å²) in [6.45, 7) is 11.3.